The fourth-order valence-corrected chi connectivity index (χ4v) is 1.29. The molecule has 6 heteroatoms. The second-order valence-electron chi connectivity index (χ2n) is 3.40. The third-order valence-electron chi connectivity index (χ3n) is 2.17. The van der Waals surface area contributed by atoms with Crippen molar-refractivity contribution in [2.24, 2.45) is 0 Å². The van der Waals surface area contributed by atoms with E-state index >= 15 is 0 Å². The van der Waals surface area contributed by atoms with E-state index in [1.807, 2.05) is 0 Å². The van der Waals surface area contributed by atoms with E-state index in [0.717, 1.165) is 6.07 Å². The smallest absolute Gasteiger partial charge is 0.251 e. The number of rotatable bonds is 3. The third kappa shape index (κ3) is 2.60. The lowest BCUT2D eigenvalue weighted by Crippen LogP contribution is -2.22. The van der Waals surface area contributed by atoms with Crippen LogP contribution in [0.3, 0.4) is 0 Å². The number of nitrogen functional groups attached to an aromatic ring is 1. The molecule has 0 aliphatic carbocycles. The fourth-order valence-electron chi connectivity index (χ4n) is 1.29. The monoisotopic (exact) mass is 235 g/mol. The van der Waals surface area contributed by atoms with Gasteiger partial charge in [0.2, 0.25) is 0 Å². The van der Waals surface area contributed by atoms with Crippen molar-refractivity contribution < 1.29 is 13.7 Å². The first-order valence-electron chi connectivity index (χ1n) is 4.89. The van der Waals surface area contributed by atoms with Crippen LogP contribution >= 0.6 is 0 Å². The average molecular weight is 235 g/mol. The van der Waals surface area contributed by atoms with Gasteiger partial charge in [0, 0.05) is 11.6 Å². The van der Waals surface area contributed by atoms with Gasteiger partial charge in [0.1, 0.15) is 5.82 Å². The second kappa shape index (κ2) is 4.65. The lowest BCUT2D eigenvalue weighted by molar-refractivity contribution is 0.0947. The molecule has 0 saturated heterocycles. The van der Waals surface area contributed by atoms with Crippen LogP contribution in [0.1, 0.15) is 16.1 Å². The van der Waals surface area contributed by atoms with Gasteiger partial charge in [-0.1, -0.05) is 5.16 Å². The Morgan fingerprint density at radius 2 is 2.29 bits per heavy atom. The van der Waals surface area contributed by atoms with Crippen LogP contribution in [0.15, 0.2) is 35.0 Å². The molecular formula is C11H10FN3O2. The summed E-state index contributed by atoms with van der Waals surface area (Å²) in [4.78, 5) is 11.7. The maximum atomic E-state index is 12.9. The molecular weight excluding hydrogens is 225 g/mol. The zero-order valence-corrected chi connectivity index (χ0v) is 8.81. The first-order valence-corrected chi connectivity index (χ1v) is 4.89. The standard InChI is InChI=1S/C11H10FN3O2/c12-9-2-1-7(5-10(9)13)11(16)14-6-8-3-4-15-17-8/h1-5H,6,13H2,(H,14,16). The Morgan fingerprint density at radius 3 is 2.94 bits per heavy atom. The number of hydrogen-bond acceptors (Lipinski definition) is 4. The van der Waals surface area contributed by atoms with Crippen molar-refractivity contribution >= 4 is 11.6 Å². The van der Waals surface area contributed by atoms with Crippen LogP contribution in [0.5, 0.6) is 0 Å². The summed E-state index contributed by atoms with van der Waals surface area (Å²) < 4.78 is 17.7. The fraction of sp³-hybridized carbons (Fsp3) is 0.0909. The molecule has 0 bridgehead atoms. The molecule has 0 aliphatic heterocycles. The largest absolute Gasteiger partial charge is 0.396 e. The highest BCUT2D eigenvalue weighted by Crippen LogP contribution is 2.12. The molecule has 3 N–H and O–H groups in total. The molecule has 0 aliphatic rings. The lowest BCUT2D eigenvalue weighted by atomic mass is 10.2. The molecule has 5 nitrogen and oxygen atoms in total. The van der Waals surface area contributed by atoms with E-state index < -0.39 is 5.82 Å². The van der Waals surface area contributed by atoms with Gasteiger partial charge in [-0.2, -0.15) is 0 Å². The van der Waals surface area contributed by atoms with Gasteiger partial charge >= 0.3 is 0 Å². The number of anilines is 1. The Balaban J connectivity index is 2.02. The predicted molar refractivity (Wildman–Crippen MR) is 58.5 cm³/mol. The van der Waals surface area contributed by atoms with E-state index in [1.165, 1.54) is 18.3 Å². The first kappa shape index (κ1) is 11.1. The molecule has 0 atom stereocenters. The first-order chi connectivity index (χ1) is 8.16. The number of aromatic nitrogens is 1. The minimum atomic E-state index is -0.545. The van der Waals surface area contributed by atoms with Crippen LogP contribution in [-0.4, -0.2) is 11.1 Å². The molecule has 1 aromatic heterocycles. The minimum Gasteiger partial charge on any atom is -0.396 e. The van der Waals surface area contributed by atoms with Crippen molar-refractivity contribution in [1.82, 2.24) is 10.5 Å². The maximum absolute atomic E-state index is 12.9. The van der Waals surface area contributed by atoms with Gasteiger partial charge in [0.25, 0.3) is 5.91 Å². The zero-order chi connectivity index (χ0) is 12.3. The lowest BCUT2D eigenvalue weighted by Gasteiger charge is -2.04. The van der Waals surface area contributed by atoms with Crippen LogP contribution in [0.2, 0.25) is 0 Å². The number of amides is 1. The summed E-state index contributed by atoms with van der Waals surface area (Å²) in [5, 5.41) is 6.10. The molecule has 17 heavy (non-hydrogen) atoms. The van der Waals surface area contributed by atoms with Gasteiger partial charge in [0.05, 0.1) is 18.4 Å². The SMILES string of the molecule is Nc1cc(C(=O)NCc2ccno2)ccc1F. The molecule has 88 valence electrons. The minimum absolute atomic E-state index is 0.0580. The number of nitrogens with zero attached hydrogens (tertiary/aromatic N) is 1. The van der Waals surface area contributed by atoms with Gasteiger partial charge in [-0.3, -0.25) is 4.79 Å². The van der Waals surface area contributed by atoms with Crippen LogP contribution in [0.4, 0.5) is 10.1 Å². The molecule has 0 unspecified atom stereocenters. The zero-order valence-electron chi connectivity index (χ0n) is 8.81. The summed E-state index contributed by atoms with van der Waals surface area (Å²) in [6, 6.07) is 5.43. The van der Waals surface area contributed by atoms with E-state index in [0.29, 0.717) is 11.3 Å². The predicted octanol–water partition coefficient (Wildman–Crippen LogP) is 1.33. The number of nitrogens with two attached hydrogens (primary N) is 1. The Bertz CT molecular complexity index is 526. The quantitative estimate of drug-likeness (QED) is 0.786. The van der Waals surface area contributed by atoms with Crippen molar-refractivity contribution in [2.75, 3.05) is 5.73 Å². The molecule has 0 spiro atoms. The normalized spacial score (nSPS) is 10.2. The Labute approximate surface area is 96.4 Å². The van der Waals surface area contributed by atoms with Gasteiger partial charge in [-0.15, -0.1) is 0 Å². The summed E-state index contributed by atoms with van der Waals surface area (Å²) in [6.07, 6.45) is 1.48. The van der Waals surface area contributed by atoms with Crippen LogP contribution in [0.25, 0.3) is 0 Å². The molecule has 1 aromatic carbocycles. The molecule has 0 saturated carbocycles. The van der Waals surface area contributed by atoms with E-state index in [4.69, 9.17) is 10.3 Å². The number of halogens is 1. The number of nitrogens with one attached hydrogen (secondary N) is 1. The van der Waals surface area contributed by atoms with E-state index in [1.54, 1.807) is 6.07 Å². The van der Waals surface area contributed by atoms with Crippen molar-refractivity contribution in [2.45, 2.75) is 6.54 Å². The highest BCUT2D eigenvalue weighted by Gasteiger charge is 2.08. The molecule has 0 fully saturated rings. The average Bonchev–Trinajstić information content (AvgIpc) is 2.82. The second-order valence-corrected chi connectivity index (χ2v) is 3.40. The number of carbonyl (C=O) groups is 1. The van der Waals surface area contributed by atoms with Gasteiger partial charge < -0.3 is 15.6 Å². The molecule has 2 rings (SSSR count). The van der Waals surface area contributed by atoms with Gasteiger partial charge in [-0.25, -0.2) is 4.39 Å². The topological polar surface area (TPSA) is 81.2 Å². The van der Waals surface area contributed by atoms with Crippen molar-refractivity contribution in [3.8, 4) is 0 Å². The summed E-state index contributed by atoms with van der Waals surface area (Å²) in [6.45, 7) is 0.218. The Morgan fingerprint density at radius 1 is 1.47 bits per heavy atom. The van der Waals surface area contributed by atoms with E-state index in [-0.39, 0.29) is 18.1 Å². The summed E-state index contributed by atoms with van der Waals surface area (Å²) in [5.74, 6) is -0.363. The number of hydrogen-bond donors (Lipinski definition) is 2. The van der Waals surface area contributed by atoms with Crippen LogP contribution < -0.4 is 11.1 Å². The Hall–Kier alpha value is -2.37. The molecule has 2 aromatic rings. The summed E-state index contributed by atoms with van der Waals surface area (Å²) in [7, 11) is 0. The van der Waals surface area contributed by atoms with Crippen molar-refractivity contribution in [3.63, 3.8) is 0 Å². The summed E-state index contributed by atoms with van der Waals surface area (Å²) >= 11 is 0. The molecule has 1 amide bonds. The summed E-state index contributed by atoms with van der Waals surface area (Å²) in [5.41, 5.74) is 5.60. The van der Waals surface area contributed by atoms with Gasteiger partial charge in [0.15, 0.2) is 5.76 Å². The van der Waals surface area contributed by atoms with E-state index in [2.05, 4.69) is 10.5 Å². The molecule has 1 heterocycles. The van der Waals surface area contributed by atoms with E-state index in [9.17, 15) is 9.18 Å². The van der Waals surface area contributed by atoms with Crippen LogP contribution in [-0.2, 0) is 6.54 Å². The number of carbonyl (C=O) groups excluding carboxylic acids is 1. The van der Waals surface area contributed by atoms with Gasteiger partial charge in [-0.05, 0) is 18.2 Å². The Kier molecular flexibility index (Phi) is 3.04. The van der Waals surface area contributed by atoms with Crippen molar-refractivity contribution in [1.29, 1.82) is 0 Å². The maximum Gasteiger partial charge on any atom is 0.251 e. The van der Waals surface area contributed by atoms with Crippen molar-refractivity contribution in [3.05, 3.63) is 47.6 Å². The molecule has 0 radical (unpaired) electrons. The van der Waals surface area contributed by atoms with Crippen LogP contribution in [0, 0.1) is 5.82 Å². The number of benzene rings is 1. The highest BCUT2D eigenvalue weighted by atomic mass is 19.1. The highest BCUT2D eigenvalue weighted by molar-refractivity contribution is 5.94. The third-order valence-corrected chi connectivity index (χ3v) is 2.17.